The molecule has 1 aromatic heterocycles. The Morgan fingerprint density at radius 3 is 3.00 bits per heavy atom. The molecule has 0 atom stereocenters. The SMILES string of the molecule is N#CC#Cc1cc(Cl)ncc1F. The summed E-state index contributed by atoms with van der Waals surface area (Å²) in [6, 6.07) is 2.84. The van der Waals surface area contributed by atoms with Gasteiger partial charge in [0.1, 0.15) is 5.15 Å². The second kappa shape index (κ2) is 3.71. The predicted octanol–water partition coefficient (Wildman–Crippen LogP) is 1.75. The maximum absolute atomic E-state index is 12.8. The molecule has 0 aliphatic heterocycles. The van der Waals surface area contributed by atoms with Gasteiger partial charge in [-0.1, -0.05) is 11.6 Å². The molecule has 0 aromatic carbocycles. The highest BCUT2D eigenvalue weighted by molar-refractivity contribution is 6.29. The number of nitriles is 1. The van der Waals surface area contributed by atoms with Gasteiger partial charge in [-0.05, 0) is 12.0 Å². The normalized spacial score (nSPS) is 8.08. The molecule has 0 bridgehead atoms. The highest BCUT2D eigenvalue weighted by Gasteiger charge is 1.99. The number of nitrogens with zero attached hydrogens (tertiary/aromatic N) is 2. The second-order valence-electron chi connectivity index (χ2n) is 1.85. The fourth-order valence-electron chi connectivity index (χ4n) is 0.604. The van der Waals surface area contributed by atoms with Crippen molar-refractivity contribution >= 4 is 11.6 Å². The van der Waals surface area contributed by atoms with Gasteiger partial charge in [0, 0.05) is 5.92 Å². The van der Waals surface area contributed by atoms with E-state index >= 15 is 0 Å². The van der Waals surface area contributed by atoms with E-state index in [0.717, 1.165) is 6.20 Å². The maximum atomic E-state index is 12.8. The first-order chi connectivity index (χ1) is 5.74. The van der Waals surface area contributed by atoms with Crippen LogP contribution in [0.2, 0.25) is 5.15 Å². The van der Waals surface area contributed by atoms with Gasteiger partial charge in [-0.2, -0.15) is 5.26 Å². The van der Waals surface area contributed by atoms with Crippen molar-refractivity contribution < 1.29 is 4.39 Å². The fraction of sp³-hybridized carbons (Fsp3) is 0. The zero-order chi connectivity index (χ0) is 8.97. The van der Waals surface area contributed by atoms with Gasteiger partial charge in [0.25, 0.3) is 0 Å². The van der Waals surface area contributed by atoms with Gasteiger partial charge in [-0.15, -0.1) is 0 Å². The smallest absolute Gasteiger partial charge is 0.157 e. The Labute approximate surface area is 73.6 Å². The van der Waals surface area contributed by atoms with Crippen LogP contribution in [0.5, 0.6) is 0 Å². The van der Waals surface area contributed by atoms with Crippen LogP contribution in [0, 0.1) is 29.0 Å². The van der Waals surface area contributed by atoms with E-state index in [2.05, 4.69) is 16.8 Å². The summed E-state index contributed by atoms with van der Waals surface area (Å²) in [5.41, 5.74) is 0.0801. The number of hydrogen-bond acceptors (Lipinski definition) is 2. The summed E-state index contributed by atoms with van der Waals surface area (Å²) < 4.78 is 12.8. The number of pyridine rings is 1. The van der Waals surface area contributed by atoms with Gasteiger partial charge in [0.15, 0.2) is 11.9 Å². The Hall–Kier alpha value is -1.58. The third-order valence-electron chi connectivity index (χ3n) is 1.08. The Morgan fingerprint density at radius 1 is 1.58 bits per heavy atom. The minimum Gasteiger partial charge on any atom is -0.241 e. The molecule has 1 heterocycles. The molecule has 0 radical (unpaired) electrons. The molecule has 4 heteroatoms. The molecule has 0 N–H and O–H groups in total. The third kappa shape index (κ3) is 1.95. The number of hydrogen-bond donors (Lipinski definition) is 0. The van der Waals surface area contributed by atoms with Gasteiger partial charge in [-0.3, -0.25) is 0 Å². The van der Waals surface area contributed by atoms with Crippen molar-refractivity contribution in [1.82, 2.24) is 4.98 Å². The summed E-state index contributed by atoms with van der Waals surface area (Å²) >= 11 is 5.47. The van der Waals surface area contributed by atoms with Crippen LogP contribution in [0.15, 0.2) is 12.3 Å². The summed E-state index contributed by atoms with van der Waals surface area (Å²) in [6.07, 6.45) is 0.962. The molecule has 0 aliphatic rings. The van der Waals surface area contributed by atoms with Crippen LogP contribution in [-0.2, 0) is 0 Å². The van der Waals surface area contributed by atoms with Crippen molar-refractivity contribution in [3.63, 3.8) is 0 Å². The molecule has 0 spiro atoms. The molecule has 0 saturated carbocycles. The molecule has 1 aromatic rings. The quantitative estimate of drug-likeness (QED) is 0.451. The van der Waals surface area contributed by atoms with E-state index in [1.165, 1.54) is 6.07 Å². The number of rotatable bonds is 0. The summed E-state index contributed by atoms with van der Waals surface area (Å²) in [4.78, 5) is 3.49. The van der Waals surface area contributed by atoms with E-state index in [0.29, 0.717) is 0 Å². The molecule has 0 unspecified atom stereocenters. The van der Waals surface area contributed by atoms with E-state index in [1.54, 1.807) is 6.07 Å². The molecular weight excluding hydrogens is 179 g/mol. The second-order valence-corrected chi connectivity index (χ2v) is 2.24. The first-order valence-electron chi connectivity index (χ1n) is 2.95. The van der Waals surface area contributed by atoms with Gasteiger partial charge >= 0.3 is 0 Å². The summed E-state index contributed by atoms with van der Waals surface area (Å²) in [5.74, 6) is 3.77. The molecule has 12 heavy (non-hydrogen) atoms. The lowest BCUT2D eigenvalue weighted by atomic mass is 10.2. The van der Waals surface area contributed by atoms with Crippen LogP contribution in [0.1, 0.15) is 5.56 Å². The Bertz CT molecular complexity index is 398. The van der Waals surface area contributed by atoms with E-state index in [1.807, 2.05) is 0 Å². The van der Waals surface area contributed by atoms with Crippen LogP contribution >= 0.6 is 11.6 Å². The Kier molecular flexibility index (Phi) is 2.63. The monoisotopic (exact) mass is 180 g/mol. The average molecular weight is 181 g/mol. The van der Waals surface area contributed by atoms with Crippen molar-refractivity contribution in [2.75, 3.05) is 0 Å². The van der Waals surface area contributed by atoms with E-state index in [4.69, 9.17) is 16.9 Å². The van der Waals surface area contributed by atoms with Crippen molar-refractivity contribution in [1.29, 1.82) is 5.26 Å². The predicted molar refractivity (Wildman–Crippen MR) is 41.7 cm³/mol. The van der Waals surface area contributed by atoms with Crippen molar-refractivity contribution in [2.24, 2.45) is 0 Å². The van der Waals surface area contributed by atoms with E-state index in [9.17, 15) is 4.39 Å². The molecule has 0 saturated heterocycles. The topological polar surface area (TPSA) is 36.7 Å². The number of halogens is 2. The van der Waals surface area contributed by atoms with Crippen LogP contribution in [0.25, 0.3) is 0 Å². The van der Waals surface area contributed by atoms with Crippen molar-refractivity contribution in [3.05, 3.63) is 28.8 Å². The van der Waals surface area contributed by atoms with Crippen LogP contribution in [0.4, 0.5) is 4.39 Å². The van der Waals surface area contributed by atoms with Gasteiger partial charge < -0.3 is 0 Å². The molecule has 58 valence electrons. The van der Waals surface area contributed by atoms with Crippen molar-refractivity contribution in [3.8, 4) is 17.9 Å². The maximum Gasteiger partial charge on any atom is 0.157 e. The first kappa shape index (κ1) is 8.52. The Balaban J connectivity index is 3.16. The van der Waals surface area contributed by atoms with Crippen LogP contribution in [0.3, 0.4) is 0 Å². The summed E-state index contributed by atoms with van der Waals surface area (Å²) in [6.45, 7) is 0. The Morgan fingerprint density at radius 2 is 2.33 bits per heavy atom. The molecule has 0 amide bonds. The van der Waals surface area contributed by atoms with Gasteiger partial charge in [-0.25, -0.2) is 9.37 Å². The average Bonchev–Trinajstić information content (AvgIpc) is 2.07. The lowest BCUT2D eigenvalue weighted by molar-refractivity contribution is 0.618. The largest absolute Gasteiger partial charge is 0.241 e. The first-order valence-corrected chi connectivity index (χ1v) is 3.33. The highest BCUT2D eigenvalue weighted by Crippen LogP contribution is 2.09. The molecule has 0 fully saturated rings. The summed E-state index contributed by atoms with van der Waals surface area (Å²) in [5, 5.41) is 8.24. The third-order valence-corrected chi connectivity index (χ3v) is 1.28. The van der Waals surface area contributed by atoms with Gasteiger partial charge in [0.2, 0.25) is 0 Å². The van der Waals surface area contributed by atoms with Crippen molar-refractivity contribution in [2.45, 2.75) is 0 Å². The zero-order valence-corrected chi connectivity index (χ0v) is 6.56. The lowest BCUT2D eigenvalue weighted by Gasteiger charge is -1.92. The van der Waals surface area contributed by atoms with Crippen LogP contribution in [-0.4, -0.2) is 4.98 Å². The highest BCUT2D eigenvalue weighted by atomic mass is 35.5. The molecule has 1 rings (SSSR count). The minimum absolute atomic E-state index is 0.0801. The standard InChI is InChI=1S/C8H2ClFN2/c9-8-4-6(2-1-3-11)7(10)5-12-8/h4-5H. The number of aromatic nitrogens is 1. The van der Waals surface area contributed by atoms with E-state index < -0.39 is 5.82 Å². The minimum atomic E-state index is -0.581. The molecule has 2 nitrogen and oxygen atoms in total. The fourth-order valence-corrected chi connectivity index (χ4v) is 0.762. The van der Waals surface area contributed by atoms with E-state index in [-0.39, 0.29) is 10.7 Å². The molecule has 0 aliphatic carbocycles. The lowest BCUT2D eigenvalue weighted by Crippen LogP contribution is -1.85. The van der Waals surface area contributed by atoms with Gasteiger partial charge in [0.05, 0.1) is 11.8 Å². The van der Waals surface area contributed by atoms with Crippen LogP contribution < -0.4 is 0 Å². The zero-order valence-electron chi connectivity index (χ0n) is 5.81. The summed E-state index contributed by atoms with van der Waals surface area (Å²) in [7, 11) is 0. The molecular formula is C8H2ClFN2.